The van der Waals surface area contributed by atoms with Gasteiger partial charge < -0.3 is 30.9 Å². The van der Waals surface area contributed by atoms with Crippen LogP contribution < -0.4 is 21.7 Å². The molecule has 0 aromatic heterocycles. The third-order valence-corrected chi connectivity index (χ3v) is 6.16. The normalized spacial score (nSPS) is 16.1. The molecule has 0 spiro atoms. The Balaban J connectivity index is 0.00000385. The number of benzene rings is 2. The van der Waals surface area contributed by atoms with Gasteiger partial charge in [-0.15, -0.1) is 0 Å². The minimum Gasteiger partial charge on any atom is -1.00 e. The summed E-state index contributed by atoms with van der Waals surface area (Å²) in [6, 6.07) is 13.6. The molecule has 1 fully saturated rings. The van der Waals surface area contributed by atoms with Crippen LogP contribution in [0.25, 0.3) is 0 Å². The molecule has 33 heavy (non-hydrogen) atoms. The minimum atomic E-state index is -4.63. The van der Waals surface area contributed by atoms with Gasteiger partial charge in [-0.3, -0.25) is 0 Å². The van der Waals surface area contributed by atoms with Gasteiger partial charge in [-0.1, -0.05) is 42.8 Å². The minimum absolute atomic E-state index is 0. The van der Waals surface area contributed by atoms with Crippen LogP contribution in [0.2, 0.25) is 0 Å². The molecule has 1 saturated heterocycles. The molecule has 182 valence electrons. The largest absolute Gasteiger partial charge is 1.00 e. The molecule has 2 aromatic rings. The quantitative estimate of drug-likeness (QED) is 0.408. The molecule has 0 unspecified atom stereocenters. The number of ether oxygens (including phenoxy) is 2. The van der Waals surface area contributed by atoms with Crippen molar-refractivity contribution in [1.29, 1.82) is 0 Å². The first-order valence-corrected chi connectivity index (χ1v) is 11.1. The van der Waals surface area contributed by atoms with Gasteiger partial charge in [-0.05, 0) is 37.8 Å². The average molecular weight is 530 g/mol. The Hall–Kier alpha value is -2.06. The zero-order valence-electron chi connectivity index (χ0n) is 18.9. The van der Waals surface area contributed by atoms with Crippen molar-refractivity contribution in [2.45, 2.75) is 44.8 Å². The fourth-order valence-electron chi connectivity index (χ4n) is 4.50. The first-order valence-electron chi connectivity index (χ1n) is 11.1. The molecule has 2 aromatic carbocycles. The Bertz CT molecular complexity index is 882. The molecule has 1 aliphatic rings. The number of halogens is 4. The van der Waals surface area contributed by atoms with Crippen LogP contribution >= 0.6 is 0 Å². The van der Waals surface area contributed by atoms with Gasteiger partial charge in [-0.2, -0.15) is 13.2 Å². The highest BCUT2D eigenvalue weighted by Crippen LogP contribution is 2.38. The summed E-state index contributed by atoms with van der Waals surface area (Å²) in [6.07, 6.45) is 1.09. The van der Waals surface area contributed by atoms with Crippen molar-refractivity contribution in [3.8, 4) is 5.75 Å². The second-order valence-electron chi connectivity index (χ2n) is 8.44. The molecule has 0 aliphatic carbocycles. The summed E-state index contributed by atoms with van der Waals surface area (Å²) >= 11 is 0. The highest BCUT2D eigenvalue weighted by molar-refractivity contribution is 5.93. The van der Waals surface area contributed by atoms with E-state index in [9.17, 15) is 18.0 Å². The Morgan fingerprint density at radius 2 is 1.58 bits per heavy atom. The van der Waals surface area contributed by atoms with Crippen molar-refractivity contribution in [1.82, 2.24) is 0 Å². The maximum Gasteiger partial charge on any atom is 0.419 e. The van der Waals surface area contributed by atoms with E-state index in [1.54, 1.807) is 0 Å². The van der Waals surface area contributed by atoms with Crippen LogP contribution in [0.5, 0.6) is 5.75 Å². The van der Waals surface area contributed by atoms with Crippen LogP contribution in [-0.2, 0) is 17.5 Å². The Kier molecular flexibility index (Phi) is 10.2. The Labute approximate surface area is 204 Å². The Morgan fingerprint density at radius 1 is 0.939 bits per heavy atom. The highest BCUT2D eigenvalue weighted by Gasteiger charge is 2.37. The number of likely N-dealkylation sites (tertiary alicyclic amines) is 1. The number of carbonyl (C=O) groups is 1. The van der Waals surface area contributed by atoms with E-state index in [-0.39, 0.29) is 29.2 Å². The predicted octanol–water partition coefficient (Wildman–Crippen LogP) is 2.86. The lowest BCUT2D eigenvalue weighted by atomic mass is 10.0. The fraction of sp³-hybridized carbons (Fsp3) is 0.480. The van der Waals surface area contributed by atoms with Crippen molar-refractivity contribution in [3.63, 3.8) is 0 Å². The molecule has 1 heterocycles. The van der Waals surface area contributed by atoms with Crippen LogP contribution in [0.15, 0.2) is 48.5 Å². The van der Waals surface area contributed by atoms with E-state index in [4.69, 9.17) is 4.74 Å². The number of esters is 1. The zero-order valence-corrected chi connectivity index (χ0v) is 20.5. The van der Waals surface area contributed by atoms with Gasteiger partial charge in [0, 0.05) is 5.56 Å². The first kappa shape index (κ1) is 27.2. The summed E-state index contributed by atoms with van der Waals surface area (Å²) in [5.74, 6) is -1.29. The number of para-hydroxylation sites is 1. The molecule has 0 bridgehead atoms. The summed E-state index contributed by atoms with van der Waals surface area (Å²) < 4.78 is 52.0. The SMILES string of the molecule is COC(=O)c1cccc(C(F)(F)F)c1OCC[N+]1(Cc2ccccc2)CCCCCCC1.[Br-]. The van der Waals surface area contributed by atoms with Gasteiger partial charge in [-0.25, -0.2) is 4.79 Å². The molecule has 0 saturated carbocycles. The maximum absolute atomic E-state index is 13.6. The van der Waals surface area contributed by atoms with Crippen molar-refractivity contribution < 1.29 is 48.9 Å². The fourth-order valence-corrected chi connectivity index (χ4v) is 4.50. The van der Waals surface area contributed by atoms with E-state index < -0.39 is 23.5 Å². The van der Waals surface area contributed by atoms with Crippen molar-refractivity contribution in [2.24, 2.45) is 0 Å². The van der Waals surface area contributed by atoms with E-state index >= 15 is 0 Å². The van der Waals surface area contributed by atoms with Crippen molar-refractivity contribution in [3.05, 3.63) is 65.2 Å². The summed E-state index contributed by atoms with van der Waals surface area (Å²) in [4.78, 5) is 12.1. The van der Waals surface area contributed by atoms with E-state index in [1.165, 1.54) is 37.0 Å². The lowest BCUT2D eigenvalue weighted by Gasteiger charge is -2.40. The number of quaternary nitrogens is 1. The van der Waals surface area contributed by atoms with Crippen LogP contribution in [0.3, 0.4) is 0 Å². The molecule has 0 atom stereocenters. The topological polar surface area (TPSA) is 35.5 Å². The number of nitrogens with zero attached hydrogens (tertiary/aromatic N) is 1. The van der Waals surface area contributed by atoms with Gasteiger partial charge in [0.25, 0.3) is 0 Å². The lowest BCUT2D eigenvalue weighted by Crippen LogP contribution is -3.00. The lowest BCUT2D eigenvalue weighted by molar-refractivity contribution is -0.941. The molecular formula is C25H31BrF3NO3. The van der Waals surface area contributed by atoms with Crippen LogP contribution in [-0.4, -0.2) is 43.8 Å². The van der Waals surface area contributed by atoms with Gasteiger partial charge in [0.15, 0.2) is 0 Å². The van der Waals surface area contributed by atoms with E-state index in [2.05, 4.69) is 16.9 Å². The Morgan fingerprint density at radius 3 is 2.18 bits per heavy atom. The van der Waals surface area contributed by atoms with Gasteiger partial charge in [0.05, 0.1) is 25.8 Å². The molecule has 0 N–H and O–H groups in total. The molecule has 0 amide bonds. The number of hydrogen-bond acceptors (Lipinski definition) is 3. The molecule has 8 heteroatoms. The van der Waals surface area contributed by atoms with Gasteiger partial charge in [0.1, 0.15) is 31.0 Å². The second-order valence-corrected chi connectivity index (χ2v) is 8.44. The summed E-state index contributed by atoms with van der Waals surface area (Å²) in [5, 5.41) is 0. The monoisotopic (exact) mass is 529 g/mol. The molecular weight excluding hydrogens is 499 g/mol. The van der Waals surface area contributed by atoms with Crippen molar-refractivity contribution >= 4 is 5.97 Å². The molecule has 3 rings (SSSR count). The van der Waals surface area contributed by atoms with Crippen molar-refractivity contribution in [2.75, 3.05) is 33.4 Å². The molecule has 0 radical (unpaired) electrons. The van der Waals surface area contributed by atoms with Crippen LogP contribution in [0.4, 0.5) is 13.2 Å². The predicted molar refractivity (Wildman–Crippen MR) is 116 cm³/mol. The number of alkyl halides is 3. The molecule has 4 nitrogen and oxygen atoms in total. The van der Waals surface area contributed by atoms with Gasteiger partial charge >= 0.3 is 12.1 Å². The second kappa shape index (κ2) is 12.4. The number of carbonyl (C=O) groups excluding carboxylic acids is 1. The smallest absolute Gasteiger partial charge is 0.419 e. The summed E-state index contributed by atoms with van der Waals surface area (Å²) in [6.45, 7) is 3.40. The molecule has 1 aliphatic heterocycles. The van der Waals surface area contributed by atoms with E-state index in [1.807, 2.05) is 18.2 Å². The summed E-state index contributed by atoms with van der Waals surface area (Å²) in [5.41, 5.74) is 0.0475. The van der Waals surface area contributed by atoms with Crippen LogP contribution in [0, 0.1) is 0 Å². The average Bonchev–Trinajstić information content (AvgIpc) is 2.76. The highest BCUT2D eigenvalue weighted by atomic mass is 79.9. The summed E-state index contributed by atoms with van der Waals surface area (Å²) in [7, 11) is 1.15. The number of rotatable bonds is 7. The van der Waals surface area contributed by atoms with Crippen LogP contribution in [0.1, 0.15) is 53.6 Å². The van der Waals surface area contributed by atoms with E-state index in [0.717, 1.165) is 50.1 Å². The standard InChI is InChI=1S/C25H31F3NO3.BrH/c1-31-24(30)21-13-10-14-22(25(26,27)28)23(21)32-18-17-29(15-8-3-2-4-9-16-29)19-20-11-6-5-7-12-20;/h5-7,10-14H,2-4,8-9,15-19H2,1H3;1H/q+1;/p-1. The first-order chi connectivity index (χ1) is 15.3. The maximum atomic E-state index is 13.6. The zero-order chi connectivity index (χ0) is 23.0. The number of hydrogen-bond donors (Lipinski definition) is 0. The number of methoxy groups -OCH3 is 1. The third-order valence-electron chi connectivity index (χ3n) is 6.16. The van der Waals surface area contributed by atoms with E-state index in [0.29, 0.717) is 6.54 Å². The van der Waals surface area contributed by atoms with Gasteiger partial charge in [0.2, 0.25) is 0 Å². The third kappa shape index (κ3) is 7.47.